The zero-order chi connectivity index (χ0) is 19.8. The normalized spacial score (nSPS) is 11.4. The van der Waals surface area contributed by atoms with E-state index in [0.29, 0.717) is 18.2 Å². The van der Waals surface area contributed by atoms with E-state index in [2.05, 4.69) is 4.57 Å². The average Bonchev–Trinajstić information content (AvgIpc) is 3.05. The van der Waals surface area contributed by atoms with Gasteiger partial charge in [0, 0.05) is 10.4 Å². The molecule has 3 aromatic carbocycles. The Morgan fingerprint density at radius 2 is 1.62 bits per heavy atom. The molecule has 0 N–H and O–H groups in total. The number of nitrogens with zero attached hydrogens (tertiary/aromatic N) is 3. The van der Waals surface area contributed by atoms with Crippen molar-refractivity contribution in [3.05, 3.63) is 71.8 Å². The highest BCUT2D eigenvalue weighted by molar-refractivity contribution is 6.30. The van der Waals surface area contributed by atoms with Gasteiger partial charge in [-0.3, -0.25) is 0 Å². The van der Waals surface area contributed by atoms with Gasteiger partial charge in [-0.05, 0) is 54.6 Å². The predicted molar refractivity (Wildman–Crippen MR) is 116 cm³/mol. The molecule has 0 saturated heterocycles. The number of rotatable bonds is 5. The third kappa shape index (κ3) is 3.23. The first-order valence-corrected chi connectivity index (χ1v) is 9.72. The van der Waals surface area contributed by atoms with Crippen molar-refractivity contribution < 1.29 is 9.47 Å². The largest absolute Gasteiger partial charge is 0.497 e. The average molecular weight is 404 g/mol. The molecule has 5 rings (SSSR count). The van der Waals surface area contributed by atoms with E-state index in [1.807, 2.05) is 66.7 Å². The molecule has 5 nitrogen and oxygen atoms in total. The molecule has 2 heterocycles. The van der Waals surface area contributed by atoms with Gasteiger partial charge in [-0.1, -0.05) is 23.7 Å². The molecule has 29 heavy (non-hydrogen) atoms. The first-order chi connectivity index (χ1) is 14.2. The van der Waals surface area contributed by atoms with E-state index in [4.69, 9.17) is 31.0 Å². The molecule has 0 aliphatic rings. The summed E-state index contributed by atoms with van der Waals surface area (Å²) in [5.74, 6) is 1.58. The summed E-state index contributed by atoms with van der Waals surface area (Å²) >= 11 is 5.94. The van der Waals surface area contributed by atoms with Crippen molar-refractivity contribution in [2.45, 2.75) is 6.54 Å². The number of benzene rings is 3. The molecule has 144 valence electrons. The summed E-state index contributed by atoms with van der Waals surface area (Å²) in [5, 5.41) is 1.71. The van der Waals surface area contributed by atoms with Gasteiger partial charge in [-0.15, -0.1) is 0 Å². The number of fused-ring (bicyclic) bond motifs is 4. The molecule has 0 radical (unpaired) electrons. The third-order valence-electron chi connectivity index (χ3n) is 4.95. The van der Waals surface area contributed by atoms with Crippen molar-refractivity contribution >= 4 is 44.7 Å². The molecule has 0 bridgehead atoms. The van der Waals surface area contributed by atoms with E-state index in [1.54, 1.807) is 7.11 Å². The first-order valence-electron chi connectivity index (χ1n) is 9.34. The van der Waals surface area contributed by atoms with Gasteiger partial charge in [-0.25, -0.2) is 9.97 Å². The fourth-order valence-corrected chi connectivity index (χ4v) is 3.68. The van der Waals surface area contributed by atoms with Crippen LogP contribution in [0.15, 0.2) is 66.7 Å². The Kier molecular flexibility index (Phi) is 4.45. The molecule has 0 saturated carbocycles. The van der Waals surface area contributed by atoms with Gasteiger partial charge < -0.3 is 14.0 Å². The number of halogens is 1. The number of hydrogen-bond donors (Lipinski definition) is 0. The highest BCUT2D eigenvalue weighted by Crippen LogP contribution is 2.31. The Hall–Kier alpha value is -3.31. The van der Waals surface area contributed by atoms with E-state index in [9.17, 15) is 0 Å². The van der Waals surface area contributed by atoms with Crippen molar-refractivity contribution in [3.8, 4) is 11.5 Å². The number of para-hydroxylation sites is 2. The molecule has 0 spiro atoms. The molecule has 2 aromatic heterocycles. The second-order valence-electron chi connectivity index (χ2n) is 6.72. The zero-order valence-electron chi connectivity index (χ0n) is 15.8. The van der Waals surface area contributed by atoms with E-state index in [0.717, 1.165) is 44.6 Å². The van der Waals surface area contributed by atoms with Gasteiger partial charge in [-0.2, -0.15) is 0 Å². The summed E-state index contributed by atoms with van der Waals surface area (Å²) in [5.41, 5.74) is 4.50. The summed E-state index contributed by atoms with van der Waals surface area (Å²) in [4.78, 5) is 9.78. The van der Waals surface area contributed by atoms with Crippen molar-refractivity contribution in [1.82, 2.24) is 14.5 Å². The summed E-state index contributed by atoms with van der Waals surface area (Å²) in [7, 11) is 1.67. The van der Waals surface area contributed by atoms with Crippen LogP contribution in [-0.2, 0) is 6.54 Å². The Bertz CT molecular complexity index is 1330. The van der Waals surface area contributed by atoms with Crippen LogP contribution in [-0.4, -0.2) is 28.3 Å². The second-order valence-corrected chi connectivity index (χ2v) is 7.16. The topological polar surface area (TPSA) is 49.2 Å². The van der Waals surface area contributed by atoms with Crippen LogP contribution in [0.3, 0.4) is 0 Å². The van der Waals surface area contributed by atoms with Gasteiger partial charge in [0.25, 0.3) is 0 Å². The van der Waals surface area contributed by atoms with E-state index in [1.165, 1.54) is 0 Å². The van der Waals surface area contributed by atoms with Crippen molar-refractivity contribution in [1.29, 1.82) is 0 Å². The molecule has 0 aliphatic heterocycles. The molecule has 6 heteroatoms. The molecular weight excluding hydrogens is 386 g/mol. The maximum absolute atomic E-state index is 5.94. The van der Waals surface area contributed by atoms with Gasteiger partial charge in [0.15, 0.2) is 5.65 Å². The predicted octanol–water partition coefficient (Wildman–Crippen LogP) is 5.48. The summed E-state index contributed by atoms with van der Waals surface area (Å²) in [6.45, 7) is 1.14. The smallest absolute Gasteiger partial charge is 0.160 e. The SMILES string of the molecule is COc1ccc2c(c1)c1nc3ccccc3nc1n2CCOc1ccc(Cl)cc1. The maximum atomic E-state index is 5.94. The number of hydrogen-bond acceptors (Lipinski definition) is 4. The minimum absolute atomic E-state index is 0.501. The van der Waals surface area contributed by atoms with Crippen LogP contribution in [0.1, 0.15) is 0 Å². The van der Waals surface area contributed by atoms with Crippen LogP contribution >= 0.6 is 11.6 Å². The van der Waals surface area contributed by atoms with Crippen LogP contribution < -0.4 is 9.47 Å². The lowest BCUT2D eigenvalue weighted by atomic mass is 10.2. The maximum Gasteiger partial charge on any atom is 0.160 e. The van der Waals surface area contributed by atoms with Crippen LogP contribution in [0, 0.1) is 0 Å². The highest BCUT2D eigenvalue weighted by Gasteiger charge is 2.15. The van der Waals surface area contributed by atoms with Crippen molar-refractivity contribution in [2.24, 2.45) is 0 Å². The van der Waals surface area contributed by atoms with Crippen LogP contribution in [0.5, 0.6) is 11.5 Å². The third-order valence-corrected chi connectivity index (χ3v) is 5.21. The Morgan fingerprint density at radius 3 is 2.38 bits per heavy atom. The lowest BCUT2D eigenvalue weighted by Crippen LogP contribution is -2.08. The first kappa shape index (κ1) is 17.8. The van der Waals surface area contributed by atoms with Crippen LogP contribution in [0.4, 0.5) is 0 Å². The molecule has 5 aromatic rings. The fourth-order valence-electron chi connectivity index (χ4n) is 3.55. The minimum atomic E-state index is 0.501. The number of aromatic nitrogens is 3. The summed E-state index contributed by atoms with van der Waals surface area (Å²) < 4.78 is 13.5. The molecule has 0 fully saturated rings. The van der Waals surface area contributed by atoms with E-state index < -0.39 is 0 Å². The number of ether oxygens (including phenoxy) is 2. The lowest BCUT2D eigenvalue weighted by Gasteiger charge is -2.09. The van der Waals surface area contributed by atoms with E-state index >= 15 is 0 Å². The molecule has 0 atom stereocenters. The van der Waals surface area contributed by atoms with Gasteiger partial charge in [0.2, 0.25) is 0 Å². The quantitative estimate of drug-likeness (QED) is 0.390. The Morgan fingerprint density at radius 1 is 0.897 bits per heavy atom. The molecule has 0 unspecified atom stereocenters. The van der Waals surface area contributed by atoms with Gasteiger partial charge in [0.05, 0.1) is 30.2 Å². The fraction of sp³-hybridized carbons (Fsp3) is 0.130. The van der Waals surface area contributed by atoms with Crippen LogP contribution in [0.25, 0.3) is 33.1 Å². The summed E-state index contributed by atoms with van der Waals surface area (Å²) in [6, 6.07) is 21.3. The molecular formula is C23H18ClN3O2. The van der Waals surface area contributed by atoms with E-state index in [-0.39, 0.29) is 0 Å². The standard InChI is InChI=1S/C23H18ClN3O2/c1-28-17-10-11-21-18(14-17)22-23(26-20-5-3-2-4-19(20)25-22)27(21)12-13-29-16-8-6-15(24)7-9-16/h2-11,14H,12-13H2,1H3. The van der Waals surface area contributed by atoms with Crippen molar-refractivity contribution in [3.63, 3.8) is 0 Å². The molecule has 0 amide bonds. The second kappa shape index (κ2) is 7.26. The lowest BCUT2D eigenvalue weighted by molar-refractivity contribution is 0.302. The number of methoxy groups -OCH3 is 1. The van der Waals surface area contributed by atoms with Gasteiger partial charge in [0.1, 0.15) is 23.6 Å². The van der Waals surface area contributed by atoms with Crippen molar-refractivity contribution in [2.75, 3.05) is 13.7 Å². The highest BCUT2D eigenvalue weighted by atomic mass is 35.5. The monoisotopic (exact) mass is 403 g/mol. The Labute approximate surface area is 172 Å². The zero-order valence-corrected chi connectivity index (χ0v) is 16.6. The summed E-state index contributed by atoms with van der Waals surface area (Å²) in [6.07, 6.45) is 0. The van der Waals surface area contributed by atoms with Gasteiger partial charge >= 0.3 is 0 Å². The Balaban J connectivity index is 1.59. The molecule has 0 aliphatic carbocycles. The minimum Gasteiger partial charge on any atom is -0.497 e. The van der Waals surface area contributed by atoms with Crippen LogP contribution in [0.2, 0.25) is 5.02 Å².